The van der Waals surface area contributed by atoms with Gasteiger partial charge >= 0.3 is 0 Å². The molecule has 0 radical (unpaired) electrons. The molecule has 0 N–H and O–H groups in total. The van der Waals surface area contributed by atoms with E-state index >= 15 is 0 Å². The Kier molecular flexibility index (Phi) is 8.49. The minimum absolute atomic E-state index is 0.000218. The lowest BCUT2D eigenvalue weighted by atomic mass is 10.1. The van der Waals surface area contributed by atoms with Crippen LogP contribution in [0.3, 0.4) is 0 Å². The Morgan fingerprint density at radius 1 is 0.906 bits per heavy atom. The zero-order chi connectivity index (χ0) is 22.8. The standard InChI is InChI=1S/C26H30N2O4/c1-3-16-28(26(30)23-13-7-8-14-24(23)31-2)20-25(29)27(19-22-12-9-18-32-22)17-15-21-10-5-4-6-11-21/h4-14,18H,3,15-17,19-20H2,1-2H3. The first-order valence-corrected chi connectivity index (χ1v) is 10.9. The van der Waals surface area contributed by atoms with E-state index in [4.69, 9.17) is 9.15 Å². The maximum absolute atomic E-state index is 13.3. The van der Waals surface area contributed by atoms with Crippen LogP contribution in [0.2, 0.25) is 0 Å². The van der Waals surface area contributed by atoms with Crippen molar-refractivity contribution in [1.29, 1.82) is 0 Å². The van der Waals surface area contributed by atoms with Gasteiger partial charge in [0.05, 0.1) is 25.5 Å². The molecule has 2 amide bonds. The van der Waals surface area contributed by atoms with E-state index in [0.29, 0.717) is 36.7 Å². The van der Waals surface area contributed by atoms with E-state index in [2.05, 4.69) is 0 Å². The van der Waals surface area contributed by atoms with Gasteiger partial charge in [0.25, 0.3) is 5.91 Å². The quantitative estimate of drug-likeness (QED) is 0.448. The van der Waals surface area contributed by atoms with E-state index in [0.717, 1.165) is 18.4 Å². The summed E-state index contributed by atoms with van der Waals surface area (Å²) in [5.41, 5.74) is 1.61. The SMILES string of the molecule is CCCN(CC(=O)N(CCc1ccccc1)Cc1ccco1)C(=O)c1ccccc1OC. The van der Waals surface area contributed by atoms with Crippen molar-refractivity contribution in [2.75, 3.05) is 26.7 Å². The summed E-state index contributed by atoms with van der Waals surface area (Å²) in [7, 11) is 1.54. The Morgan fingerprint density at radius 2 is 1.66 bits per heavy atom. The molecule has 0 aliphatic rings. The fraction of sp³-hybridized carbons (Fsp3) is 0.308. The van der Waals surface area contributed by atoms with Gasteiger partial charge < -0.3 is 19.0 Å². The van der Waals surface area contributed by atoms with E-state index in [9.17, 15) is 9.59 Å². The molecule has 2 aromatic carbocycles. The molecule has 168 valence electrons. The van der Waals surface area contributed by atoms with Crippen molar-refractivity contribution < 1.29 is 18.7 Å². The van der Waals surface area contributed by atoms with Gasteiger partial charge in [0.2, 0.25) is 5.91 Å². The second kappa shape index (κ2) is 11.7. The Labute approximate surface area is 189 Å². The first-order chi connectivity index (χ1) is 15.6. The van der Waals surface area contributed by atoms with Crippen LogP contribution in [0.25, 0.3) is 0 Å². The largest absolute Gasteiger partial charge is 0.496 e. The van der Waals surface area contributed by atoms with E-state index in [-0.39, 0.29) is 18.4 Å². The van der Waals surface area contributed by atoms with Gasteiger partial charge in [-0.05, 0) is 42.7 Å². The number of hydrogen-bond acceptors (Lipinski definition) is 4. The van der Waals surface area contributed by atoms with Crippen LogP contribution in [0.15, 0.2) is 77.4 Å². The van der Waals surface area contributed by atoms with Gasteiger partial charge in [0.15, 0.2) is 0 Å². The molecule has 0 saturated heterocycles. The number of furan rings is 1. The Bertz CT molecular complexity index is 986. The highest BCUT2D eigenvalue weighted by molar-refractivity contribution is 5.98. The molecule has 3 rings (SSSR count). The third kappa shape index (κ3) is 6.23. The van der Waals surface area contributed by atoms with Crippen molar-refractivity contribution >= 4 is 11.8 Å². The average Bonchev–Trinajstić information content (AvgIpc) is 3.34. The normalized spacial score (nSPS) is 10.6. The molecule has 0 aliphatic carbocycles. The van der Waals surface area contributed by atoms with Crippen molar-refractivity contribution in [2.24, 2.45) is 0 Å². The van der Waals surface area contributed by atoms with Gasteiger partial charge in [-0.15, -0.1) is 0 Å². The molecule has 6 heteroatoms. The topological polar surface area (TPSA) is 63.0 Å². The molecule has 0 spiro atoms. The highest BCUT2D eigenvalue weighted by atomic mass is 16.5. The van der Waals surface area contributed by atoms with Gasteiger partial charge in [-0.1, -0.05) is 49.4 Å². The molecule has 0 atom stereocenters. The number of carbonyl (C=O) groups is 2. The first kappa shape index (κ1) is 23.1. The van der Waals surface area contributed by atoms with Crippen molar-refractivity contribution in [3.8, 4) is 5.75 Å². The zero-order valence-corrected chi connectivity index (χ0v) is 18.7. The Morgan fingerprint density at radius 3 is 2.34 bits per heavy atom. The Balaban J connectivity index is 1.75. The minimum atomic E-state index is -0.210. The number of ether oxygens (including phenoxy) is 1. The van der Waals surface area contributed by atoms with Crippen LogP contribution in [-0.4, -0.2) is 48.4 Å². The van der Waals surface area contributed by atoms with Crippen LogP contribution in [0, 0.1) is 0 Å². The Hall–Kier alpha value is -3.54. The lowest BCUT2D eigenvalue weighted by Gasteiger charge is -2.27. The van der Waals surface area contributed by atoms with Gasteiger partial charge in [0.1, 0.15) is 18.1 Å². The molecule has 1 aromatic heterocycles. The predicted octanol–water partition coefficient (Wildman–Crippen LogP) is 4.41. The van der Waals surface area contributed by atoms with Gasteiger partial charge in [-0.2, -0.15) is 0 Å². The lowest BCUT2D eigenvalue weighted by molar-refractivity contribution is -0.132. The monoisotopic (exact) mass is 434 g/mol. The van der Waals surface area contributed by atoms with Crippen molar-refractivity contribution in [3.05, 3.63) is 89.9 Å². The molecule has 0 fully saturated rings. The molecule has 0 bridgehead atoms. The van der Waals surface area contributed by atoms with E-state index in [1.807, 2.05) is 55.5 Å². The highest BCUT2D eigenvalue weighted by Crippen LogP contribution is 2.20. The summed E-state index contributed by atoms with van der Waals surface area (Å²) in [6.45, 7) is 3.37. The summed E-state index contributed by atoms with van der Waals surface area (Å²) in [5, 5.41) is 0. The third-order valence-corrected chi connectivity index (χ3v) is 5.24. The van der Waals surface area contributed by atoms with Crippen LogP contribution < -0.4 is 4.74 Å². The van der Waals surface area contributed by atoms with Crippen LogP contribution >= 0.6 is 0 Å². The summed E-state index contributed by atoms with van der Waals surface area (Å²) >= 11 is 0. The highest BCUT2D eigenvalue weighted by Gasteiger charge is 2.24. The van der Waals surface area contributed by atoms with Gasteiger partial charge in [-0.3, -0.25) is 9.59 Å². The summed E-state index contributed by atoms with van der Waals surface area (Å²) in [5.74, 6) is 0.889. The summed E-state index contributed by atoms with van der Waals surface area (Å²) in [4.78, 5) is 29.9. The second-order valence-electron chi connectivity index (χ2n) is 7.56. The van der Waals surface area contributed by atoms with Crippen LogP contribution in [0.5, 0.6) is 5.75 Å². The van der Waals surface area contributed by atoms with E-state index in [1.165, 1.54) is 7.11 Å². The smallest absolute Gasteiger partial charge is 0.258 e. The molecule has 32 heavy (non-hydrogen) atoms. The third-order valence-electron chi connectivity index (χ3n) is 5.24. The summed E-state index contributed by atoms with van der Waals surface area (Å²) < 4.78 is 10.8. The fourth-order valence-corrected chi connectivity index (χ4v) is 3.57. The van der Waals surface area contributed by atoms with Crippen LogP contribution in [0.4, 0.5) is 0 Å². The zero-order valence-electron chi connectivity index (χ0n) is 18.7. The molecule has 1 heterocycles. The van der Waals surface area contributed by atoms with Crippen molar-refractivity contribution in [1.82, 2.24) is 9.80 Å². The van der Waals surface area contributed by atoms with E-state index < -0.39 is 0 Å². The predicted molar refractivity (Wildman–Crippen MR) is 123 cm³/mol. The maximum atomic E-state index is 13.3. The number of rotatable bonds is 11. The number of benzene rings is 2. The number of hydrogen-bond donors (Lipinski definition) is 0. The number of nitrogens with zero attached hydrogens (tertiary/aromatic N) is 2. The molecule has 6 nitrogen and oxygen atoms in total. The maximum Gasteiger partial charge on any atom is 0.258 e. The fourth-order valence-electron chi connectivity index (χ4n) is 3.57. The van der Waals surface area contributed by atoms with Crippen LogP contribution in [-0.2, 0) is 17.8 Å². The van der Waals surface area contributed by atoms with E-state index in [1.54, 1.807) is 34.3 Å². The molecule has 0 aliphatic heterocycles. The molecular weight excluding hydrogens is 404 g/mol. The second-order valence-corrected chi connectivity index (χ2v) is 7.56. The molecule has 0 unspecified atom stereocenters. The number of carbonyl (C=O) groups excluding carboxylic acids is 2. The number of amides is 2. The average molecular weight is 435 g/mol. The minimum Gasteiger partial charge on any atom is -0.496 e. The number of methoxy groups -OCH3 is 1. The van der Waals surface area contributed by atoms with Crippen molar-refractivity contribution in [2.45, 2.75) is 26.3 Å². The van der Waals surface area contributed by atoms with Gasteiger partial charge in [-0.25, -0.2) is 0 Å². The first-order valence-electron chi connectivity index (χ1n) is 10.9. The number of para-hydroxylation sites is 1. The summed E-state index contributed by atoms with van der Waals surface area (Å²) in [6.07, 6.45) is 3.07. The van der Waals surface area contributed by atoms with Crippen molar-refractivity contribution in [3.63, 3.8) is 0 Å². The molecular formula is C26H30N2O4. The molecule has 0 saturated carbocycles. The lowest BCUT2D eigenvalue weighted by Crippen LogP contribution is -2.43. The van der Waals surface area contributed by atoms with Crippen LogP contribution in [0.1, 0.15) is 35.0 Å². The molecule has 3 aromatic rings. The summed E-state index contributed by atoms with van der Waals surface area (Å²) in [6, 6.07) is 20.8. The van der Waals surface area contributed by atoms with Gasteiger partial charge in [0, 0.05) is 13.1 Å².